The number of halogens is 1. The number of thiazole rings is 1. The number of benzene rings is 1. The van der Waals surface area contributed by atoms with Gasteiger partial charge in [0.15, 0.2) is 0 Å². The van der Waals surface area contributed by atoms with Crippen LogP contribution in [0, 0.1) is 5.82 Å². The Morgan fingerprint density at radius 3 is 2.89 bits per heavy atom. The lowest BCUT2D eigenvalue weighted by Crippen LogP contribution is -2.08. The number of anilines is 1. The Hall–Kier alpha value is -2.15. The summed E-state index contributed by atoms with van der Waals surface area (Å²) >= 11 is 1.03. The van der Waals surface area contributed by atoms with Crippen LogP contribution < -0.4 is 10.2 Å². The van der Waals surface area contributed by atoms with Crippen molar-refractivity contribution in [2.45, 2.75) is 6.54 Å². The minimum absolute atomic E-state index is 0.146. The van der Waals surface area contributed by atoms with E-state index < -0.39 is 11.8 Å². The quantitative estimate of drug-likeness (QED) is 0.790. The number of aromatic carboxylic acids is 1. The van der Waals surface area contributed by atoms with Crippen LogP contribution in [0.1, 0.15) is 16.1 Å². The third-order valence-electron chi connectivity index (χ3n) is 2.25. The van der Waals surface area contributed by atoms with E-state index in [0.29, 0.717) is 11.4 Å². The fourth-order valence-electron chi connectivity index (χ4n) is 1.44. The van der Waals surface area contributed by atoms with E-state index in [1.54, 1.807) is 5.38 Å². The molecule has 0 unspecified atom stereocenters. The summed E-state index contributed by atoms with van der Waals surface area (Å²) in [6.07, 6.45) is 0. The highest BCUT2D eigenvalue weighted by molar-refractivity contribution is 7.07. The second kappa shape index (κ2) is 5.01. The Bertz CT molecular complexity index is 635. The number of aromatic amines is 1. The summed E-state index contributed by atoms with van der Waals surface area (Å²) in [5.74, 6) is -1.82. The van der Waals surface area contributed by atoms with Gasteiger partial charge in [0.05, 0.1) is 12.1 Å². The molecule has 3 N–H and O–H groups in total. The van der Waals surface area contributed by atoms with Crippen LogP contribution in [0.4, 0.5) is 10.1 Å². The maximum absolute atomic E-state index is 12.9. The predicted octanol–water partition coefficient (Wildman–Crippen LogP) is 1.89. The van der Waals surface area contributed by atoms with Crippen molar-refractivity contribution in [3.8, 4) is 0 Å². The van der Waals surface area contributed by atoms with Crippen LogP contribution in [-0.2, 0) is 6.54 Å². The second-order valence-electron chi connectivity index (χ2n) is 3.52. The lowest BCUT2D eigenvalue weighted by Gasteiger charge is -2.08. The maximum Gasteiger partial charge on any atom is 0.337 e. The van der Waals surface area contributed by atoms with Gasteiger partial charge in [-0.2, -0.15) is 0 Å². The Morgan fingerprint density at radius 2 is 2.28 bits per heavy atom. The number of rotatable bonds is 4. The fraction of sp³-hybridized carbons (Fsp3) is 0.0909. The molecule has 0 spiro atoms. The number of hydrogen-bond acceptors (Lipinski definition) is 4. The van der Waals surface area contributed by atoms with Crippen molar-refractivity contribution in [3.05, 3.63) is 50.3 Å². The summed E-state index contributed by atoms with van der Waals surface area (Å²) in [6, 6.07) is 3.47. The molecule has 0 bridgehead atoms. The number of H-pyrrole nitrogens is 1. The molecule has 1 aromatic carbocycles. The third-order valence-corrected chi connectivity index (χ3v) is 2.97. The zero-order valence-corrected chi connectivity index (χ0v) is 9.88. The van der Waals surface area contributed by atoms with Crippen molar-refractivity contribution in [1.82, 2.24) is 4.98 Å². The third kappa shape index (κ3) is 2.75. The number of carbonyl (C=O) groups is 1. The molecule has 94 valence electrons. The molecule has 0 aliphatic rings. The minimum Gasteiger partial charge on any atom is -0.478 e. The topological polar surface area (TPSA) is 82.2 Å². The van der Waals surface area contributed by atoms with Gasteiger partial charge >= 0.3 is 10.8 Å². The van der Waals surface area contributed by atoms with E-state index in [9.17, 15) is 14.0 Å². The van der Waals surface area contributed by atoms with Crippen LogP contribution in [0.15, 0.2) is 28.4 Å². The van der Waals surface area contributed by atoms with E-state index in [1.165, 1.54) is 12.1 Å². The highest BCUT2D eigenvalue weighted by Crippen LogP contribution is 2.17. The van der Waals surface area contributed by atoms with Gasteiger partial charge in [0.2, 0.25) is 0 Å². The first kappa shape index (κ1) is 12.3. The molecule has 0 amide bonds. The predicted molar refractivity (Wildman–Crippen MR) is 65.6 cm³/mol. The number of carboxylic acid groups (broad SMARTS) is 1. The summed E-state index contributed by atoms with van der Waals surface area (Å²) in [7, 11) is 0. The summed E-state index contributed by atoms with van der Waals surface area (Å²) in [4.78, 5) is 24.2. The van der Waals surface area contributed by atoms with Gasteiger partial charge < -0.3 is 15.4 Å². The van der Waals surface area contributed by atoms with Crippen molar-refractivity contribution in [3.63, 3.8) is 0 Å². The molecule has 0 saturated carbocycles. The van der Waals surface area contributed by atoms with Gasteiger partial charge in [0, 0.05) is 16.8 Å². The van der Waals surface area contributed by atoms with E-state index in [0.717, 1.165) is 17.4 Å². The van der Waals surface area contributed by atoms with Crippen molar-refractivity contribution in [2.75, 3.05) is 5.32 Å². The molecular formula is C11H9FN2O3S. The van der Waals surface area contributed by atoms with E-state index in [4.69, 9.17) is 5.11 Å². The van der Waals surface area contributed by atoms with Crippen molar-refractivity contribution in [2.24, 2.45) is 0 Å². The standard InChI is InChI=1S/C11H9FN2O3S/c12-6-1-2-9(8(3-6)10(15)16)13-4-7-5-18-11(17)14-7/h1-3,5,13H,4H2,(H,14,17)(H,15,16). The largest absolute Gasteiger partial charge is 0.478 e. The number of nitrogens with one attached hydrogen (secondary N) is 2. The molecular weight excluding hydrogens is 259 g/mol. The molecule has 1 aromatic heterocycles. The SMILES string of the molecule is O=C(O)c1cc(F)ccc1NCc1csc(=O)[nH]1. The smallest absolute Gasteiger partial charge is 0.337 e. The first-order valence-corrected chi connectivity index (χ1v) is 5.87. The van der Waals surface area contributed by atoms with Crippen LogP contribution >= 0.6 is 11.3 Å². The van der Waals surface area contributed by atoms with Crippen LogP contribution in [-0.4, -0.2) is 16.1 Å². The van der Waals surface area contributed by atoms with Gasteiger partial charge in [0.25, 0.3) is 0 Å². The molecule has 0 aliphatic carbocycles. The van der Waals surface area contributed by atoms with Crippen LogP contribution in [0.3, 0.4) is 0 Å². The van der Waals surface area contributed by atoms with Crippen molar-refractivity contribution < 1.29 is 14.3 Å². The van der Waals surface area contributed by atoms with Gasteiger partial charge in [-0.15, -0.1) is 0 Å². The van der Waals surface area contributed by atoms with Gasteiger partial charge in [-0.3, -0.25) is 4.79 Å². The molecule has 2 aromatic rings. The van der Waals surface area contributed by atoms with Gasteiger partial charge in [-0.25, -0.2) is 9.18 Å². The lowest BCUT2D eigenvalue weighted by molar-refractivity contribution is 0.0697. The first-order chi connectivity index (χ1) is 8.56. The van der Waals surface area contributed by atoms with Crippen LogP contribution in [0.2, 0.25) is 0 Å². The van der Waals surface area contributed by atoms with Crippen LogP contribution in [0.5, 0.6) is 0 Å². The summed E-state index contributed by atoms with van der Waals surface area (Å²) in [6.45, 7) is 0.269. The normalized spacial score (nSPS) is 10.3. The second-order valence-corrected chi connectivity index (χ2v) is 4.36. The summed E-state index contributed by atoms with van der Waals surface area (Å²) in [5, 5.41) is 13.4. The lowest BCUT2D eigenvalue weighted by atomic mass is 10.1. The Morgan fingerprint density at radius 1 is 1.50 bits per heavy atom. The highest BCUT2D eigenvalue weighted by atomic mass is 32.1. The van der Waals surface area contributed by atoms with Gasteiger partial charge in [-0.05, 0) is 18.2 Å². The summed E-state index contributed by atoms with van der Waals surface area (Å²) < 4.78 is 12.9. The molecule has 7 heteroatoms. The van der Waals surface area contributed by atoms with Crippen molar-refractivity contribution >= 4 is 23.0 Å². The molecule has 0 saturated heterocycles. The molecule has 1 heterocycles. The monoisotopic (exact) mass is 268 g/mol. The number of aromatic nitrogens is 1. The van der Waals surface area contributed by atoms with Gasteiger partial charge in [-0.1, -0.05) is 11.3 Å². The highest BCUT2D eigenvalue weighted by Gasteiger charge is 2.11. The molecule has 0 atom stereocenters. The van der Waals surface area contributed by atoms with E-state index in [2.05, 4.69) is 10.3 Å². The number of carboxylic acids is 1. The fourth-order valence-corrected chi connectivity index (χ4v) is 2.02. The molecule has 2 rings (SSSR count). The average Bonchev–Trinajstić information content (AvgIpc) is 2.73. The Kier molecular flexibility index (Phi) is 3.42. The van der Waals surface area contributed by atoms with E-state index in [-0.39, 0.29) is 17.0 Å². The first-order valence-electron chi connectivity index (χ1n) is 4.99. The van der Waals surface area contributed by atoms with E-state index >= 15 is 0 Å². The van der Waals surface area contributed by atoms with Crippen LogP contribution in [0.25, 0.3) is 0 Å². The number of hydrogen-bond donors (Lipinski definition) is 3. The zero-order chi connectivity index (χ0) is 13.1. The average molecular weight is 268 g/mol. The Balaban J connectivity index is 2.18. The zero-order valence-electron chi connectivity index (χ0n) is 9.07. The molecule has 0 fully saturated rings. The molecule has 5 nitrogen and oxygen atoms in total. The molecule has 18 heavy (non-hydrogen) atoms. The maximum atomic E-state index is 12.9. The Labute approximate surface area is 105 Å². The van der Waals surface area contributed by atoms with Gasteiger partial charge in [0.1, 0.15) is 5.82 Å². The minimum atomic E-state index is -1.21. The van der Waals surface area contributed by atoms with E-state index in [1.807, 2.05) is 0 Å². The van der Waals surface area contributed by atoms with Crippen molar-refractivity contribution in [1.29, 1.82) is 0 Å². The molecule has 0 aliphatic heterocycles. The summed E-state index contributed by atoms with van der Waals surface area (Å²) in [5.41, 5.74) is 0.800. The molecule has 0 radical (unpaired) electrons.